The van der Waals surface area contributed by atoms with Crippen molar-refractivity contribution in [2.45, 2.75) is 6.61 Å². The highest BCUT2D eigenvalue weighted by molar-refractivity contribution is 5.18. The van der Waals surface area contributed by atoms with Crippen LogP contribution in [0.1, 0.15) is 5.56 Å². The van der Waals surface area contributed by atoms with Crippen LogP contribution in [0, 0.1) is 11.6 Å². The van der Waals surface area contributed by atoms with E-state index in [4.69, 9.17) is 4.74 Å². The molecule has 0 atom stereocenters. The molecule has 1 aromatic heterocycles. The molecule has 0 aliphatic carbocycles. The highest BCUT2D eigenvalue weighted by Gasteiger charge is 2.03. The number of benzene rings is 1. The lowest BCUT2D eigenvalue weighted by molar-refractivity contribution is 0.293. The fourth-order valence-corrected chi connectivity index (χ4v) is 1.22. The second-order valence-electron chi connectivity index (χ2n) is 3.21. The van der Waals surface area contributed by atoms with Crippen LogP contribution in [-0.4, -0.2) is 4.98 Å². The Balaban J connectivity index is 2.03. The summed E-state index contributed by atoms with van der Waals surface area (Å²) in [5, 5.41) is 0. The van der Waals surface area contributed by atoms with Gasteiger partial charge in [-0.2, -0.15) is 0 Å². The summed E-state index contributed by atoms with van der Waals surface area (Å²) in [7, 11) is 0. The van der Waals surface area contributed by atoms with E-state index in [2.05, 4.69) is 4.98 Å². The molecule has 2 aromatic rings. The van der Waals surface area contributed by atoms with Crippen molar-refractivity contribution in [3.63, 3.8) is 0 Å². The van der Waals surface area contributed by atoms with Crippen LogP contribution in [0.15, 0.2) is 42.6 Å². The van der Waals surface area contributed by atoms with Crippen LogP contribution in [0.3, 0.4) is 0 Å². The number of hydrogen-bond donors (Lipinski definition) is 0. The van der Waals surface area contributed by atoms with Gasteiger partial charge in [0.15, 0.2) is 11.6 Å². The number of aromatic nitrogens is 1. The minimum atomic E-state index is -0.873. The van der Waals surface area contributed by atoms with E-state index in [1.807, 2.05) is 0 Å². The molecule has 0 amide bonds. The lowest BCUT2D eigenvalue weighted by Crippen LogP contribution is -1.98. The number of rotatable bonds is 3. The zero-order valence-electron chi connectivity index (χ0n) is 8.36. The second kappa shape index (κ2) is 4.70. The summed E-state index contributed by atoms with van der Waals surface area (Å²) in [6.07, 6.45) is 1.60. The quantitative estimate of drug-likeness (QED) is 0.795. The van der Waals surface area contributed by atoms with Gasteiger partial charge in [-0.3, -0.25) is 0 Å². The number of nitrogens with zero attached hydrogens (tertiary/aromatic N) is 1. The van der Waals surface area contributed by atoms with E-state index in [9.17, 15) is 8.78 Å². The van der Waals surface area contributed by atoms with Crippen LogP contribution in [0.25, 0.3) is 0 Å². The highest BCUT2D eigenvalue weighted by atomic mass is 19.2. The molecular formula is C12H9F2NO. The Kier molecular flexibility index (Phi) is 3.10. The summed E-state index contributed by atoms with van der Waals surface area (Å²) in [6, 6.07) is 8.91. The van der Waals surface area contributed by atoms with Crippen molar-refractivity contribution in [1.29, 1.82) is 0 Å². The highest BCUT2D eigenvalue weighted by Crippen LogP contribution is 2.11. The van der Waals surface area contributed by atoms with E-state index in [0.29, 0.717) is 11.4 Å². The van der Waals surface area contributed by atoms with Crippen LogP contribution in [0.4, 0.5) is 8.78 Å². The predicted molar refractivity (Wildman–Crippen MR) is 54.9 cm³/mol. The SMILES string of the molecule is Fc1ccc(COc2ccccn2)cc1F. The van der Waals surface area contributed by atoms with E-state index < -0.39 is 11.6 Å². The zero-order chi connectivity index (χ0) is 11.4. The second-order valence-corrected chi connectivity index (χ2v) is 3.21. The predicted octanol–water partition coefficient (Wildman–Crippen LogP) is 2.94. The molecular weight excluding hydrogens is 212 g/mol. The van der Waals surface area contributed by atoms with Crippen molar-refractivity contribution >= 4 is 0 Å². The summed E-state index contributed by atoms with van der Waals surface area (Å²) in [5.41, 5.74) is 0.560. The van der Waals surface area contributed by atoms with Crippen LogP contribution in [-0.2, 0) is 6.61 Å². The Labute approximate surface area is 91.5 Å². The lowest BCUT2D eigenvalue weighted by atomic mass is 10.2. The molecule has 0 aliphatic heterocycles. The van der Waals surface area contributed by atoms with E-state index >= 15 is 0 Å². The molecule has 4 heteroatoms. The largest absolute Gasteiger partial charge is 0.473 e. The first-order valence-electron chi connectivity index (χ1n) is 4.73. The molecule has 2 rings (SSSR count). The molecule has 0 saturated carbocycles. The van der Waals surface area contributed by atoms with Crippen LogP contribution in [0.5, 0.6) is 5.88 Å². The number of pyridine rings is 1. The van der Waals surface area contributed by atoms with Gasteiger partial charge in [0.2, 0.25) is 5.88 Å². The third-order valence-corrected chi connectivity index (χ3v) is 2.01. The van der Waals surface area contributed by atoms with Gasteiger partial charge in [-0.1, -0.05) is 12.1 Å². The molecule has 16 heavy (non-hydrogen) atoms. The van der Waals surface area contributed by atoms with Crippen molar-refractivity contribution in [3.8, 4) is 5.88 Å². The summed E-state index contributed by atoms with van der Waals surface area (Å²) in [4.78, 5) is 3.94. The lowest BCUT2D eigenvalue weighted by Gasteiger charge is -2.04. The van der Waals surface area contributed by atoms with E-state index in [1.165, 1.54) is 6.07 Å². The van der Waals surface area contributed by atoms with Crippen molar-refractivity contribution in [3.05, 3.63) is 59.8 Å². The number of halogens is 2. The van der Waals surface area contributed by atoms with Crippen LogP contribution < -0.4 is 4.74 Å². The fourth-order valence-electron chi connectivity index (χ4n) is 1.22. The van der Waals surface area contributed by atoms with Gasteiger partial charge in [-0.15, -0.1) is 0 Å². The maximum absolute atomic E-state index is 12.9. The van der Waals surface area contributed by atoms with E-state index in [0.717, 1.165) is 12.1 Å². The molecule has 0 saturated heterocycles. The first-order valence-corrected chi connectivity index (χ1v) is 4.73. The van der Waals surface area contributed by atoms with Gasteiger partial charge in [0.25, 0.3) is 0 Å². The molecule has 1 heterocycles. The molecule has 0 bridgehead atoms. The first kappa shape index (κ1) is 10.5. The van der Waals surface area contributed by atoms with Gasteiger partial charge in [0.1, 0.15) is 6.61 Å². The maximum Gasteiger partial charge on any atom is 0.213 e. The van der Waals surface area contributed by atoms with Gasteiger partial charge in [0.05, 0.1) is 0 Å². The minimum Gasteiger partial charge on any atom is -0.473 e. The van der Waals surface area contributed by atoms with Gasteiger partial charge >= 0.3 is 0 Å². The van der Waals surface area contributed by atoms with Crippen molar-refractivity contribution in [2.24, 2.45) is 0 Å². The fraction of sp³-hybridized carbons (Fsp3) is 0.0833. The van der Waals surface area contributed by atoms with Gasteiger partial charge in [-0.05, 0) is 23.8 Å². The van der Waals surface area contributed by atoms with Gasteiger partial charge in [0, 0.05) is 12.3 Å². The number of ether oxygens (including phenoxy) is 1. The molecule has 0 aliphatic rings. The van der Waals surface area contributed by atoms with Gasteiger partial charge < -0.3 is 4.74 Å². The Morgan fingerprint density at radius 1 is 1.06 bits per heavy atom. The summed E-state index contributed by atoms with van der Waals surface area (Å²) < 4.78 is 30.8. The molecule has 82 valence electrons. The molecule has 0 spiro atoms. The molecule has 0 radical (unpaired) electrons. The Morgan fingerprint density at radius 2 is 1.94 bits per heavy atom. The van der Waals surface area contributed by atoms with E-state index in [1.54, 1.807) is 24.4 Å². The molecule has 0 N–H and O–H groups in total. The summed E-state index contributed by atoms with van der Waals surface area (Å²) in [6.45, 7) is 0.161. The third-order valence-electron chi connectivity index (χ3n) is 2.01. The van der Waals surface area contributed by atoms with Gasteiger partial charge in [-0.25, -0.2) is 13.8 Å². The topological polar surface area (TPSA) is 22.1 Å². The third kappa shape index (κ3) is 2.53. The average Bonchev–Trinajstić information content (AvgIpc) is 2.32. The Hall–Kier alpha value is -1.97. The standard InChI is InChI=1S/C12H9F2NO/c13-10-5-4-9(7-11(10)14)8-16-12-3-1-2-6-15-12/h1-7H,8H2. The molecule has 2 nitrogen and oxygen atoms in total. The smallest absolute Gasteiger partial charge is 0.213 e. The zero-order valence-corrected chi connectivity index (χ0v) is 8.36. The monoisotopic (exact) mass is 221 g/mol. The Bertz CT molecular complexity index is 474. The number of hydrogen-bond acceptors (Lipinski definition) is 2. The average molecular weight is 221 g/mol. The normalized spacial score (nSPS) is 10.1. The van der Waals surface area contributed by atoms with Crippen molar-refractivity contribution in [1.82, 2.24) is 4.98 Å². The maximum atomic E-state index is 12.9. The van der Waals surface area contributed by atoms with Crippen LogP contribution in [0.2, 0.25) is 0 Å². The summed E-state index contributed by atoms with van der Waals surface area (Å²) in [5.74, 6) is -1.28. The van der Waals surface area contributed by atoms with Crippen LogP contribution >= 0.6 is 0 Å². The van der Waals surface area contributed by atoms with E-state index in [-0.39, 0.29) is 6.61 Å². The summed E-state index contributed by atoms with van der Waals surface area (Å²) >= 11 is 0. The first-order chi connectivity index (χ1) is 7.75. The van der Waals surface area contributed by atoms with Crippen molar-refractivity contribution < 1.29 is 13.5 Å². The molecule has 0 unspecified atom stereocenters. The molecule has 0 fully saturated rings. The minimum absolute atomic E-state index is 0.161. The van der Waals surface area contributed by atoms with Crippen molar-refractivity contribution in [2.75, 3.05) is 0 Å². The molecule has 1 aromatic carbocycles. The Morgan fingerprint density at radius 3 is 2.62 bits per heavy atom.